The highest BCUT2D eigenvalue weighted by Crippen LogP contribution is 2.25. The van der Waals surface area contributed by atoms with Gasteiger partial charge in [-0.2, -0.15) is 4.98 Å². The molecule has 0 atom stereocenters. The standard InChI is InChI=1S/C21H24ClN7O2S.ClH/c1-2-32(30,31)29-19-16(4-3-8-24-19)12-25-20-18(22)13-26-21(28-20)27-17-6-5-15-11-23-9-7-14(15)10-17;/h3-6,8,10,13,23H,2,7,9,11-12H2,1H3,(H,24,29)(H2,25,26,27,28);1H. The van der Waals surface area contributed by atoms with Crippen LogP contribution in [-0.4, -0.2) is 35.7 Å². The number of pyridine rings is 1. The molecule has 0 amide bonds. The minimum absolute atomic E-state index is 0. The van der Waals surface area contributed by atoms with E-state index in [-0.39, 0.29) is 30.5 Å². The fourth-order valence-corrected chi connectivity index (χ4v) is 4.09. The first-order chi connectivity index (χ1) is 15.4. The molecule has 1 aromatic carbocycles. The molecule has 0 saturated carbocycles. The molecule has 1 aliphatic rings. The van der Waals surface area contributed by atoms with Gasteiger partial charge in [0.25, 0.3) is 0 Å². The first-order valence-corrected chi connectivity index (χ1v) is 12.3. The van der Waals surface area contributed by atoms with Gasteiger partial charge in [0.1, 0.15) is 10.8 Å². The van der Waals surface area contributed by atoms with Gasteiger partial charge in [-0.15, -0.1) is 12.4 Å². The van der Waals surface area contributed by atoms with Crippen molar-refractivity contribution in [3.8, 4) is 0 Å². The summed E-state index contributed by atoms with van der Waals surface area (Å²) in [5, 5.41) is 10.1. The third-order valence-corrected chi connectivity index (χ3v) is 6.60. The van der Waals surface area contributed by atoms with Gasteiger partial charge in [-0.1, -0.05) is 23.7 Å². The number of hydrogen-bond donors (Lipinski definition) is 4. The monoisotopic (exact) mass is 509 g/mol. The summed E-state index contributed by atoms with van der Waals surface area (Å²) < 4.78 is 26.4. The molecule has 176 valence electrons. The normalized spacial score (nSPS) is 12.9. The van der Waals surface area contributed by atoms with E-state index in [9.17, 15) is 8.42 Å². The van der Waals surface area contributed by atoms with Gasteiger partial charge in [-0.05, 0) is 49.2 Å². The molecule has 3 heterocycles. The van der Waals surface area contributed by atoms with Crippen molar-refractivity contribution >= 4 is 57.3 Å². The highest BCUT2D eigenvalue weighted by molar-refractivity contribution is 7.92. The average Bonchev–Trinajstić information content (AvgIpc) is 2.80. The molecule has 0 unspecified atom stereocenters. The maximum absolute atomic E-state index is 11.9. The second kappa shape index (κ2) is 11.0. The van der Waals surface area contributed by atoms with Crippen LogP contribution in [0.4, 0.5) is 23.3 Å². The van der Waals surface area contributed by atoms with Crippen molar-refractivity contribution in [2.45, 2.75) is 26.4 Å². The Bertz CT molecular complexity index is 1220. The quantitative estimate of drug-likeness (QED) is 0.362. The molecule has 0 spiro atoms. The third kappa shape index (κ3) is 6.44. The fraction of sp³-hybridized carbons (Fsp3) is 0.286. The molecule has 33 heavy (non-hydrogen) atoms. The fourth-order valence-electron chi connectivity index (χ4n) is 3.31. The average molecular weight is 510 g/mol. The highest BCUT2D eigenvalue weighted by atomic mass is 35.5. The number of aromatic nitrogens is 3. The zero-order chi connectivity index (χ0) is 22.6. The summed E-state index contributed by atoms with van der Waals surface area (Å²) in [6, 6.07) is 9.73. The largest absolute Gasteiger partial charge is 0.364 e. The van der Waals surface area contributed by atoms with Crippen LogP contribution >= 0.6 is 24.0 Å². The minimum Gasteiger partial charge on any atom is -0.364 e. The summed E-state index contributed by atoms with van der Waals surface area (Å²) in [6.07, 6.45) is 4.03. The zero-order valence-corrected chi connectivity index (χ0v) is 20.3. The van der Waals surface area contributed by atoms with E-state index in [1.807, 2.05) is 6.07 Å². The summed E-state index contributed by atoms with van der Waals surface area (Å²) >= 11 is 6.28. The number of nitrogens with one attached hydrogen (secondary N) is 4. The summed E-state index contributed by atoms with van der Waals surface area (Å²) in [4.78, 5) is 12.9. The predicted octanol–water partition coefficient (Wildman–Crippen LogP) is 3.71. The van der Waals surface area contributed by atoms with Crippen LogP contribution < -0.4 is 20.7 Å². The van der Waals surface area contributed by atoms with Gasteiger partial charge in [-0.3, -0.25) is 4.72 Å². The van der Waals surface area contributed by atoms with Crippen LogP contribution in [0.25, 0.3) is 0 Å². The molecular weight excluding hydrogens is 485 g/mol. The van der Waals surface area contributed by atoms with E-state index in [4.69, 9.17) is 11.6 Å². The number of anilines is 4. The van der Waals surface area contributed by atoms with Crippen molar-refractivity contribution in [2.75, 3.05) is 27.7 Å². The lowest BCUT2D eigenvalue weighted by Crippen LogP contribution is -2.23. The van der Waals surface area contributed by atoms with Gasteiger partial charge in [0.05, 0.1) is 11.9 Å². The Kier molecular flexibility index (Phi) is 8.30. The smallest absolute Gasteiger partial charge is 0.233 e. The summed E-state index contributed by atoms with van der Waals surface area (Å²) in [5.41, 5.74) is 4.17. The lowest BCUT2D eigenvalue weighted by Gasteiger charge is -2.18. The number of halogens is 2. The number of rotatable bonds is 8. The molecule has 12 heteroatoms. The molecular formula is C21H25Cl2N7O2S. The van der Waals surface area contributed by atoms with Crippen molar-refractivity contribution < 1.29 is 8.42 Å². The van der Waals surface area contributed by atoms with Crippen molar-refractivity contribution in [3.63, 3.8) is 0 Å². The third-order valence-electron chi connectivity index (χ3n) is 5.06. The molecule has 4 rings (SSSR count). The highest BCUT2D eigenvalue weighted by Gasteiger charge is 2.13. The Hall–Kier alpha value is -2.66. The first kappa shape index (κ1) is 25.0. The van der Waals surface area contributed by atoms with Crippen LogP contribution in [0.2, 0.25) is 5.02 Å². The van der Waals surface area contributed by atoms with Crippen molar-refractivity contribution in [1.82, 2.24) is 20.3 Å². The summed E-state index contributed by atoms with van der Waals surface area (Å²) in [5.74, 6) is 1.07. The van der Waals surface area contributed by atoms with Crippen LogP contribution in [0.3, 0.4) is 0 Å². The number of sulfonamides is 1. The molecule has 0 bridgehead atoms. The molecule has 0 fully saturated rings. The molecule has 4 N–H and O–H groups in total. The molecule has 3 aromatic rings. The van der Waals surface area contributed by atoms with Gasteiger partial charge in [0, 0.05) is 30.5 Å². The Morgan fingerprint density at radius 2 is 2.00 bits per heavy atom. The number of benzene rings is 1. The second-order valence-electron chi connectivity index (χ2n) is 7.30. The molecule has 0 saturated heterocycles. The summed E-state index contributed by atoms with van der Waals surface area (Å²) in [6.45, 7) is 3.69. The predicted molar refractivity (Wildman–Crippen MR) is 134 cm³/mol. The van der Waals surface area contributed by atoms with Crippen LogP contribution in [0, 0.1) is 0 Å². The number of fused-ring (bicyclic) bond motifs is 1. The maximum atomic E-state index is 11.9. The van der Waals surface area contributed by atoms with Gasteiger partial charge in [0.15, 0.2) is 5.82 Å². The lowest BCUT2D eigenvalue weighted by molar-refractivity contribution is 0.602. The zero-order valence-electron chi connectivity index (χ0n) is 17.9. The van der Waals surface area contributed by atoms with E-state index in [0.717, 1.165) is 25.2 Å². The van der Waals surface area contributed by atoms with E-state index in [1.165, 1.54) is 23.5 Å². The van der Waals surface area contributed by atoms with E-state index in [0.29, 0.717) is 22.4 Å². The molecule has 0 aliphatic carbocycles. The number of hydrogen-bond acceptors (Lipinski definition) is 8. The Labute approximate surface area is 204 Å². The second-order valence-corrected chi connectivity index (χ2v) is 9.71. The summed E-state index contributed by atoms with van der Waals surface area (Å²) in [7, 11) is -3.44. The van der Waals surface area contributed by atoms with Crippen molar-refractivity contribution in [1.29, 1.82) is 0 Å². The molecule has 1 aliphatic heterocycles. The first-order valence-electron chi connectivity index (χ1n) is 10.2. The van der Waals surface area contributed by atoms with E-state index >= 15 is 0 Å². The van der Waals surface area contributed by atoms with Gasteiger partial charge in [-0.25, -0.2) is 18.4 Å². The van der Waals surface area contributed by atoms with E-state index < -0.39 is 10.0 Å². The Morgan fingerprint density at radius 3 is 2.82 bits per heavy atom. The minimum atomic E-state index is -3.44. The SMILES string of the molecule is CCS(=O)(=O)Nc1ncccc1CNc1nc(Nc2ccc3c(c2)CCNC3)ncc1Cl.Cl. The van der Waals surface area contributed by atoms with Crippen LogP contribution in [0.15, 0.2) is 42.7 Å². The van der Waals surface area contributed by atoms with Crippen LogP contribution in [0.5, 0.6) is 0 Å². The van der Waals surface area contributed by atoms with Gasteiger partial charge < -0.3 is 16.0 Å². The van der Waals surface area contributed by atoms with E-state index in [1.54, 1.807) is 19.1 Å². The van der Waals surface area contributed by atoms with Crippen LogP contribution in [-0.2, 0) is 29.5 Å². The molecule has 0 radical (unpaired) electrons. The maximum Gasteiger partial charge on any atom is 0.233 e. The Morgan fingerprint density at radius 1 is 1.15 bits per heavy atom. The lowest BCUT2D eigenvalue weighted by atomic mass is 10.0. The number of nitrogens with zero attached hydrogens (tertiary/aromatic N) is 3. The van der Waals surface area contributed by atoms with Crippen molar-refractivity contribution in [3.05, 3.63) is 64.4 Å². The van der Waals surface area contributed by atoms with E-state index in [2.05, 4.69) is 47.8 Å². The topological polar surface area (TPSA) is 121 Å². The Balaban J connectivity index is 0.00000306. The van der Waals surface area contributed by atoms with Crippen molar-refractivity contribution in [2.24, 2.45) is 0 Å². The molecule has 9 nitrogen and oxygen atoms in total. The van der Waals surface area contributed by atoms with Gasteiger partial charge in [0.2, 0.25) is 16.0 Å². The molecule has 2 aromatic heterocycles. The van der Waals surface area contributed by atoms with Gasteiger partial charge >= 0.3 is 0 Å². The van der Waals surface area contributed by atoms with Crippen LogP contribution in [0.1, 0.15) is 23.6 Å².